The average molecular weight is 349 g/mol. The van der Waals surface area contributed by atoms with Crippen LogP contribution in [-0.2, 0) is 0 Å². The van der Waals surface area contributed by atoms with Gasteiger partial charge in [-0.15, -0.1) is 0 Å². The topological polar surface area (TPSA) is 61.1 Å². The van der Waals surface area contributed by atoms with Crippen molar-refractivity contribution < 1.29 is 9.90 Å². The number of amides is 1. The van der Waals surface area contributed by atoms with Crippen molar-refractivity contribution in [3.05, 3.63) is 35.2 Å². The van der Waals surface area contributed by atoms with Gasteiger partial charge >= 0.3 is 0 Å². The van der Waals surface area contributed by atoms with Crippen LogP contribution in [0.25, 0.3) is 5.65 Å². The Hall–Kier alpha value is -1.63. The van der Waals surface area contributed by atoms with Crippen LogP contribution in [0.5, 0.6) is 0 Å². The molecule has 128 valence electrons. The number of rotatable bonds is 2. The standard InChI is InChI=1S/C17H21ClN4O2/c18-16-15(22-7-2-1-6-14(22)19-16)17(24)21-10-8-20(9-11-21)12-4-3-5-13(12)23/h1-2,6-7,12-13,23H,3-5,8-11H2/t12-,13-/m1/s1. The molecule has 2 aromatic heterocycles. The number of pyridine rings is 1. The molecule has 2 aromatic rings. The van der Waals surface area contributed by atoms with Crippen molar-refractivity contribution >= 4 is 23.2 Å². The molecule has 1 N–H and O–H groups in total. The number of carbonyl (C=O) groups is 1. The van der Waals surface area contributed by atoms with Gasteiger partial charge in [0, 0.05) is 38.4 Å². The summed E-state index contributed by atoms with van der Waals surface area (Å²) >= 11 is 6.21. The third-order valence-electron chi connectivity index (χ3n) is 5.20. The van der Waals surface area contributed by atoms with E-state index >= 15 is 0 Å². The molecule has 24 heavy (non-hydrogen) atoms. The number of piperazine rings is 1. The highest BCUT2D eigenvalue weighted by Gasteiger charge is 2.34. The molecular weight excluding hydrogens is 328 g/mol. The quantitative estimate of drug-likeness (QED) is 0.896. The van der Waals surface area contributed by atoms with E-state index in [0.29, 0.717) is 24.4 Å². The first-order valence-electron chi connectivity index (χ1n) is 8.49. The summed E-state index contributed by atoms with van der Waals surface area (Å²) in [5.74, 6) is -0.0784. The summed E-state index contributed by atoms with van der Waals surface area (Å²) in [7, 11) is 0. The molecule has 1 aliphatic carbocycles. The van der Waals surface area contributed by atoms with Crippen LogP contribution in [0.2, 0.25) is 5.15 Å². The number of imidazole rings is 1. The third kappa shape index (κ3) is 2.68. The Morgan fingerprint density at radius 3 is 2.71 bits per heavy atom. The molecule has 4 rings (SSSR count). The molecule has 0 bridgehead atoms. The number of nitrogens with zero attached hydrogens (tertiary/aromatic N) is 4. The number of carbonyl (C=O) groups excluding carboxylic acids is 1. The van der Waals surface area contributed by atoms with Crippen molar-refractivity contribution in [2.24, 2.45) is 0 Å². The molecule has 0 unspecified atom stereocenters. The van der Waals surface area contributed by atoms with E-state index in [4.69, 9.17) is 11.6 Å². The van der Waals surface area contributed by atoms with Crippen LogP contribution in [0.1, 0.15) is 29.8 Å². The van der Waals surface area contributed by atoms with Crippen LogP contribution in [0.3, 0.4) is 0 Å². The second-order valence-electron chi connectivity index (χ2n) is 6.57. The second kappa shape index (κ2) is 6.35. The Morgan fingerprint density at radius 2 is 2.00 bits per heavy atom. The Morgan fingerprint density at radius 1 is 1.21 bits per heavy atom. The lowest BCUT2D eigenvalue weighted by Crippen LogP contribution is -2.53. The van der Waals surface area contributed by atoms with Gasteiger partial charge < -0.3 is 10.0 Å². The van der Waals surface area contributed by atoms with Crippen molar-refractivity contribution in [1.29, 1.82) is 0 Å². The Kier molecular flexibility index (Phi) is 4.20. The first-order valence-corrected chi connectivity index (χ1v) is 8.87. The van der Waals surface area contributed by atoms with Crippen LogP contribution in [0, 0.1) is 0 Å². The number of aliphatic hydroxyl groups excluding tert-OH is 1. The molecule has 1 saturated carbocycles. The van der Waals surface area contributed by atoms with Crippen molar-refractivity contribution in [2.45, 2.75) is 31.4 Å². The van der Waals surface area contributed by atoms with E-state index in [1.54, 1.807) is 4.40 Å². The Labute approximate surface area is 145 Å². The average Bonchev–Trinajstić information content (AvgIpc) is 3.16. The minimum absolute atomic E-state index is 0.0784. The number of aliphatic hydroxyl groups is 1. The summed E-state index contributed by atoms with van der Waals surface area (Å²) < 4.78 is 1.75. The van der Waals surface area contributed by atoms with Gasteiger partial charge in [-0.2, -0.15) is 0 Å². The van der Waals surface area contributed by atoms with Crippen molar-refractivity contribution in [1.82, 2.24) is 19.2 Å². The number of halogens is 1. The Balaban J connectivity index is 1.49. The van der Waals surface area contributed by atoms with Gasteiger partial charge in [0.05, 0.1) is 6.10 Å². The predicted octanol–water partition coefficient (Wildman–Crippen LogP) is 1.66. The molecule has 1 aliphatic heterocycles. The highest BCUT2D eigenvalue weighted by molar-refractivity contribution is 6.32. The third-order valence-corrected chi connectivity index (χ3v) is 5.47. The molecule has 1 saturated heterocycles. The molecule has 0 radical (unpaired) electrons. The van der Waals surface area contributed by atoms with E-state index in [1.807, 2.05) is 29.3 Å². The number of fused-ring (bicyclic) bond motifs is 1. The van der Waals surface area contributed by atoms with Crippen LogP contribution >= 0.6 is 11.6 Å². The maximum absolute atomic E-state index is 12.9. The van der Waals surface area contributed by atoms with Crippen molar-refractivity contribution in [3.63, 3.8) is 0 Å². The normalized spacial score (nSPS) is 25.5. The summed E-state index contributed by atoms with van der Waals surface area (Å²) in [5.41, 5.74) is 1.11. The van der Waals surface area contributed by atoms with Crippen LogP contribution in [0.4, 0.5) is 0 Å². The van der Waals surface area contributed by atoms with Gasteiger partial charge in [0.2, 0.25) is 0 Å². The molecule has 2 atom stereocenters. The largest absolute Gasteiger partial charge is 0.391 e. The minimum atomic E-state index is -0.222. The summed E-state index contributed by atoms with van der Waals surface area (Å²) in [4.78, 5) is 21.3. The molecule has 6 nitrogen and oxygen atoms in total. The monoisotopic (exact) mass is 348 g/mol. The van der Waals surface area contributed by atoms with E-state index in [1.165, 1.54) is 0 Å². The van der Waals surface area contributed by atoms with E-state index in [-0.39, 0.29) is 23.2 Å². The lowest BCUT2D eigenvalue weighted by molar-refractivity contribution is 0.0312. The summed E-state index contributed by atoms with van der Waals surface area (Å²) in [6, 6.07) is 5.82. The maximum Gasteiger partial charge on any atom is 0.274 e. The van der Waals surface area contributed by atoms with Gasteiger partial charge in [-0.05, 0) is 31.4 Å². The van der Waals surface area contributed by atoms with E-state index < -0.39 is 0 Å². The summed E-state index contributed by atoms with van der Waals surface area (Å²) in [6.45, 7) is 2.89. The zero-order chi connectivity index (χ0) is 16.7. The van der Waals surface area contributed by atoms with Gasteiger partial charge in [-0.1, -0.05) is 17.7 Å². The van der Waals surface area contributed by atoms with Gasteiger partial charge in [0.1, 0.15) is 5.65 Å². The van der Waals surface area contributed by atoms with Crippen LogP contribution in [0.15, 0.2) is 24.4 Å². The lowest BCUT2D eigenvalue weighted by Gasteiger charge is -2.39. The van der Waals surface area contributed by atoms with Gasteiger partial charge in [0.15, 0.2) is 10.8 Å². The maximum atomic E-state index is 12.9. The van der Waals surface area contributed by atoms with E-state index in [2.05, 4.69) is 9.88 Å². The number of aromatic nitrogens is 2. The SMILES string of the molecule is O=C(c1c(Cl)nc2ccccn12)N1CCN([C@@H]2CCC[C@H]2O)CC1. The van der Waals surface area contributed by atoms with Gasteiger partial charge in [-0.3, -0.25) is 14.1 Å². The fraction of sp³-hybridized carbons (Fsp3) is 0.529. The second-order valence-corrected chi connectivity index (χ2v) is 6.93. The van der Waals surface area contributed by atoms with Crippen molar-refractivity contribution in [2.75, 3.05) is 26.2 Å². The van der Waals surface area contributed by atoms with E-state index in [0.717, 1.165) is 32.4 Å². The van der Waals surface area contributed by atoms with Gasteiger partial charge in [0.25, 0.3) is 5.91 Å². The molecule has 1 amide bonds. The highest BCUT2D eigenvalue weighted by atomic mass is 35.5. The predicted molar refractivity (Wildman–Crippen MR) is 91.3 cm³/mol. The lowest BCUT2D eigenvalue weighted by atomic mass is 10.1. The zero-order valence-corrected chi connectivity index (χ0v) is 14.2. The molecular formula is C17H21ClN4O2. The molecule has 2 fully saturated rings. The molecule has 2 aliphatic rings. The summed E-state index contributed by atoms with van der Waals surface area (Å²) in [5, 5.41) is 10.3. The fourth-order valence-corrected chi connectivity index (χ4v) is 4.17. The zero-order valence-electron chi connectivity index (χ0n) is 13.4. The fourth-order valence-electron chi connectivity index (χ4n) is 3.91. The minimum Gasteiger partial charge on any atom is -0.391 e. The first-order chi connectivity index (χ1) is 11.6. The summed E-state index contributed by atoms with van der Waals surface area (Å²) in [6.07, 6.45) is 4.62. The van der Waals surface area contributed by atoms with Crippen LogP contribution in [-0.4, -0.2) is 68.5 Å². The molecule has 7 heteroatoms. The van der Waals surface area contributed by atoms with Gasteiger partial charge in [-0.25, -0.2) is 4.98 Å². The first kappa shape index (κ1) is 15.9. The smallest absolute Gasteiger partial charge is 0.274 e. The number of hydrogen-bond acceptors (Lipinski definition) is 4. The molecule has 3 heterocycles. The van der Waals surface area contributed by atoms with Crippen LogP contribution < -0.4 is 0 Å². The van der Waals surface area contributed by atoms with Crippen molar-refractivity contribution in [3.8, 4) is 0 Å². The molecule has 0 spiro atoms. The van der Waals surface area contributed by atoms with E-state index in [9.17, 15) is 9.90 Å². The highest BCUT2D eigenvalue weighted by Crippen LogP contribution is 2.26. The molecule has 0 aromatic carbocycles. The number of hydrogen-bond donors (Lipinski definition) is 1. The Bertz CT molecular complexity index is 754.